The normalized spacial score (nSPS) is 10.2. The molecular formula is C19H18BrN5O. The van der Waals surface area contributed by atoms with E-state index in [0.717, 1.165) is 21.5 Å². The van der Waals surface area contributed by atoms with E-state index < -0.39 is 0 Å². The summed E-state index contributed by atoms with van der Waals surface area (Å²) in [5.41, 5.74) is 2.49. The maximum Gasteiger partial charge on any atom is 0.224 e. The third-order valence-electron chi connectivity index (χ3n) is 3.50. The summed E-state index contributed by atoms with van der Waals surface area (Å²) in [7, 11) is 0. The van der Waals surface area contributed by atoms with Crippen LogP contribution in [0.1, 0.15) is 13.3 Å². The van der Waals surface area contributed by atoms with Crippen molar-refractivity contribution in [3.63, 3.8) is 0 Å². The van der Waals surface area contributed by atoms with E-state index in [1.807, 2.05) is 61.5 Å². The van der Waals surface area contributed by atoms with Gasteiger partial charge in [0.1, 0.15) is 18.0 Å². The van der Waals surface area contributed by atoms with Crippen molar-refractivity contribution < 1.29 is 4.79 Å². The zero-order valence-corrected chi connectivity index (χ0v) is 15.7. The van der Waals surface area contributed by atoms with Crippen LogP contribution in [-0.2, 0) is 4.79 Å². The van der Waals surface area contributed by atoms with Crippen molar-refractivity contribution in [2.24, 2.45) is 0 Å². The first-order valence-corrected chi connectivity index (χ1v) is 8.93. The summed E-state index contributed by atoms with van der Waals surface area (Å²) < 4.78 is 0.987. The number of carbonyl (C=O) groups is 1. The van der Waals surface area contributed by atoms with Crippen LogP contribution in [0.5, 0.6) is 0 Å². The van der Waals surface area contributed by atoms with Crippen LogP contribution < -0.4 is 16.0 Å². The Morgan fingerprint density at radius 2 is 1.54 bits per heavy atom. The smallest absolute Gasteiger partial charge is 0.224 e. The number of anilines is 5. The van der Waals surface area contributed by atoms with E-state index >= 15 is 0 Å². The zero-order chi connectivity index (χ0) is 18.4. The van der Waals surface area contributed by atoms with Crippen LogP contribution in [0.15, 0.2) is 65.4 Å². The molecule has 0 aliphatic rings. The van der Waals surface area contributed by atoms with E-state index in [1.54, 1.807) is 0 Å². The molecule has 0 fully saturated rings. The van der Waals surface area contributed by atoms with Gasteiger partial charge in [-0.3, -0.25) is 4.79 Å². The number of benzene rings is 2. The topological polar surface area (TPSA) is 78.9 Å². The Kier molecular flexibility index (Phi) is 5.80. The Morgan fingerprint density at radius 1 is 0.923 bits per heavy atom. The van der Waals surface area contributed by atoms with Gasteiger partial charge < -0.3 is 16.0 Å². The van der Waals surface area contributed by atoms with Crippen molar-refractivity contribution in [2.45, 2.75) is 13.3 Å². The molecule has 3 N–H and O–H groups in total. The molecule has 0 unspecified atom stereocenters. The highest BCUT2D eigenvalue weighted by molar-refractivity contribution is 9.10. The van der Waals surface area contributed by atoms with Crippen LogP contribution in [0.25, 0.3) is 0 Å². The number of nitrogens with zero attached hydrogens (tertiary/aromatic N) is 2. The Morgan fingerprint density at radius 3 is 2.19 bits per heavy atom. The summed E-state index contributed by atoms with van der Waals surface area (Å²) >= 11 is 3.45. The van der Waals surface area contributed by atoms with E-state index in [2.05, 4.69) is 41.8 Å². The summed E-state index contributed by atoms with van der Waals surface area (Å²) in [6.07, 6.45) is 1.93. The minimum Gasteiger partial charge on any atom is -0.340 e. The predicted octanol–water partition coefficient (Wildman–Crippen LogP) is 5.07. The van der Waals surface area contributed by atoms with Gasteiger partial charge in [-0.05, 0) is 36.4 Å². The predicted molar refractivity (Wildman–Crippen MR) is 108 cm³/mol. The van der Waals surface area contributed by atoms with Crippen molar-refractivity contribution in [3.8, 4) is 0 Å². The van der Waals surface area contributed by atoms with Gasteiger partial charge >= 0.3 is 0 Å². The average molecular weight is 412 g/mol. The monoisotopic (exact) mass is 411 g/mol. The van der Waals surface area contributed by atoms with Crippen molar-refractivity contribution in [3.05, 3.63) is 65.4 Å². The average Bonchev–Trinajstić information content (AvgIpc) is 2.62. The third-order valence-corrected chi connectivity index (χ3v) is 4.00. The zero-order valence-electron chi connectivity index (χ0n) is 14.2. The van der Waals surface area contributed by atoms with Gasteiger partial charge in [0.15, 0.2) is 0 Å². The first-order chi connectivity index (χ1) is 12.6. The number of halogens is 1. The van der Waals surface area contributed by atoms with Crippen LogP contribution in [0.2, 0.25) is 0 Å². The molecule has 132 valence electrons. The lowest BCUT2D eigenvalue weighted by molar-refractivity contribution is -0.115. The molecule has 2 aromatic carbocycles. The minimum atomic E-state index is -0.0234. The Bertz CT molecular complexity index is 916. The highest BCUT2D eigenvalue weighted by Gasteiger charge is 2.03. The van der Waals surface area contributed by atoms with Gasteiger partial charge in [-0.15, -0.1) is 0 Å². The largest absolute Gasteiger partial charge is 0.340 e. The molecule has 0 aliphatic carbocycles. The summed E-state index contributed by atoms with van der Waals surface area (Å²) in [6, 6.07) is 17.1. The van der Waals surface area contributed by atoms with E-state index in [-0.39, 0.29) is 5.91 Å². The standard InChI is InChI=1S/C19H18BrN5O/c1-2-19(26)25-16-8-4-7-15(10-16)24-18-11-17(21-12-22-18)23-14-6-3-5-13(20)9-14/h3-12H,2H2,1H3,(H,25,26)(H2,21,22,23,24). The molecule has 1 aromatic heterocycles. The van der Waals surface area contributed by atoms with Crippen molar-refractivity contribution in [1.29, 1.82) is 0 Å². The van der Waals surface area contributed by atoms with Crippen LogP contribution in [-0.4, -0.2) is 15.9 Å². The number of nitrogens with one attached hydrogen (secondary N) is 3. The number of aromatic nitrogens is 2. The van der Waals surface area contributed by atoms with Crippen molar-refractivity contribution in [2.75, 3.05) is 16.0 Å². The second-order valence-electron chi connectivity index (χ2n) is 5.53. The van der Waals surface area contributed by atoms with Gasteiger partial charge in [0.2, 0.25) is 5.91 Å². The first-order valence-electron chi connectivity index (χ1n) is 8.14. The second-order valence-corrected chi connectivity index (χ2v) is 6.45. The molecule has 26 heavy (non-hydrogen) atoms. The molecule has 3 rings (SSSR count). The lowest BCUT2D eigenvalue weighted by Crippen LogP contribution is -2.09. The van der Waals surface area contributed by atoms with Crippen LogP contribution in [0.3, 0.4) is 0 Å². The van der Waals surface area contributed by atoms with Gasteiger partial charge in [-0.1, -0.05) is 35.0 Å². The molecule has 0 atom stereocenters. The molecule has 0 saturated carbocycles. The number of hydrogen-bond donors (Lipinski definition) is 3. The maximum absolute atomic E-state index is 11.5. The van der Waals surface area contributed by atoms with Gasteiger partial charge in [-0.25, -0.2) is 9.97 Å². The second kappa shape index (κ2) is 8.44. The SMILES string of the molecule is CCC(=O)Nc1cccc(Nc2cc(Nc3cccc(Br)c3)ncn2)c1. The minimum absolute atomic E-state index is 0.0234. The van der Waals surface area contributed by atoms with Gasteiger partial charge in [0.25, 0.3) is 0 Å². The third kappa shape index (κ3) is 5.03. The van der Waals surface area contributed by atoms with Crippen LogP contribution >= 0.6 is 15.9 Å². The summed E-state index contributed by atoms with van der Waals surface area (Å²) in [6.45, 7) is 1.82. The number of rotatable bonds is 6. The summed E-state index contributed by atoms with van der Waals surface area (Å²) in [4.78, 5) is 20.0. The molecule has 6 nitrogen and oxygen atoms in total. The fourth-order valence-electron chi connectivity index (χ4n) is 2.28. The molecule has 0 bridgehead atoms. The van der Waals surface area contributed by atoms with Crippen LogP contribution in [0, 0.1) is 0 Å². The van der Waals surface area contributed by atoms with E-state index in [4.69, 9.17) is 0 Å². The summed E-state index contributed by atoms with van der Waals surface area (Å²) in [5.74, 6) is 1.30. The van der Waals surface area contributed by atoms with Crippen molar-refractivity contribution in [1.82, 2.24) is 9.97 Å². The molecule has 1 amide bonds. The van der Waals surface area contributed by atoms with E-state index in [1.165, 1.54) is 6.33 Å². The lowest BCUT2D eigenvalue weighted by Gasteiger charge is -2.10. The summed E-state index contributed by atoms with van der Waals surface area (Å²) in [5, 5.41) is 9.30. The number of amides is 1. The molecule has 3 aromatic rings. The lowest BCUT2D eigenvalue weighted by atomic mass is 10.2. The van der Waals surface area contributed by atoms with E-state index in [0.29, 0.717) is 18.1 Å². The fourth-order valence-corrected chi connectivity index (χ4v) is 2.68. The van der Waals surface area contributed by atoms with Crippen molar-refractivity contribution >= 4 is 50.5 Å². The Hall–Kier alpha value is -2.93. The molecule has 1 heterocycles. The molecule has 0 saturated heterocycles. The first kappa shape index (κ1) is 17.9. The van der Waals surface area contributed by atoms with Crippen LogP contribution in [0.4, 0.5) is 28.7 Å². The van der Waals surface area contributed by atoms with Gasteiger partial charge in [-0.2, -0.15) is 0 Å². The Labute approximate surface area is 160 Å². The fraction of sp³-hybridized carbons (Fsp3) is 0.105. The van der Waals surface area contributed by atoms with Gasteiger partial charge in [0.05, 0.1) is 0 Å². The highest BCUT2D eigenvalue weighted by Crippen LogP contribution is 2.23. The quantitative estimate of drug-likeness (QED) is 0.527. The number of hydrogen-bond acceptors (Lipinski definition) is 5. The highest BCUT2D eigenvalue weighted by atomic mass is 79.9. The maximum atomic E-state index is 11.5. The van der Waals surface area contributed by atoms with Gasteiger partial charge in [0, 0.05) is 34.0 Å². The molecule has 0 radical (unpaired) electrons. The molecule has 0 aliphatic heterocycles. The molecule has 7 heteroatoms. The molecule has 0 spiro atoms. The molecular weight excluding hydrogens is 394 g/mol. The number of carbonyl (C=O) groups excluding carboxylic acids is 1. The Balaban J connectivity index is 1.72. The van der Waals surface area contributed by atoms with E-state index in [9.17, 15) is 4.79 Å².